The molecule has 0 saturated carbocycles. The SMILES string of the molecule is c1ccc(-c2cccc(-c3cccc(-c4cccc5c6ccc7c8ccccc8[nH]c7c6n(-c6cccc(-c7cccc(-c8ccccc8)c7)c6)c45)c3)c2)cc1. The lowest BCUT2D eigenvalue weighted by Crippen LogP contribution is -1.97. The van der Waals surface area contributed by atoms with E-state index >= 15 is 0 Å². The molecule has 56 heavy (non-hydrogen) atoms. The predicted octanol–water partition coefficient (Wildman–Crippen LogP) is 14.8. The highest BCUT2D eigenvalue weighted by Gasteiger charge is 2.21. The molecule has 1 N–H and O–H groups in total. The summed E-state index contributed by atoms with van der Waals surface area (Å²) in [5, 5.41) is 4.92. The van der Waals surface area contributed by atoms with E-state index in [9.17, 15) is 0 Å². The Kier molecular flexibility index (Phi) is 7.53. The van der Waals surface area contributed by atoms with Crippen LogP contribution in [0.2, 0.25) is 0 Å². The highest BCUT2D eigenvalue weighted by molar-refractivity contribution is 6.24. The zero-order chi connectivity index (χ0) is 37.0. The number of rotatable bonds is 6. The van der Waals surface area contributed by atoms with Gasteiger partial charge in [0.15, 0.2) is 0 Å². The highest BCUT2D eigenvalue weighted by atomic mass is 15.0. The Balaban J connectivity index is 1.15. The number of para-hydroxylation sites is 2. The molecule has 0 unspecified atom stereocenters. The second-order valence-corrected chi connectivity index (χ2v) is 14.6. The van der Waals surface area contributed by atoms with E-state index in [0.29, 0.717) is 0 Å². The second kappa shape index (κ2) is 13.2. The molecule has 0 atom stereocenters. The van der Waals surface area contributed by atoms with E-state index in [-0.39, 0.29) is 0 Å². The molecule has 262 valence electrons. The van der Waals surface area contributed by atoms with Crippen LogP contribution in [0.5, 0.6) is 0 Å². The van der Waals surface area contributed by atoms with Gasteiger partial charge in [-0.1, -0.05) is 176 Å². The first kappa shape index (κ1) is 32.0. The minimum absolute atomic E-state index is 1.12. The van der Waals surface area contributed by atoms with Crippen LogP contribution >= 0.6 is 0 Å². The van der Waals surface area contributed by atoms with Crippen molar-refractivity contribution in [1.29, 1.82) is 0 Å². The molecule has 0 aliphatic carbocycles. The fraction of sp³-hybridized carbons (Fsp3) is 0. The van der Waals surface area contributed by atoms with Crippen molar-refractivity contribution in [3.8, 4) is 61.3 Å². The predicted molar refractivity (Wildman–Crippen MR) is 237 cm³/mol. The van der Waals surface area contributed by atoms with Crippen molar-refractivity contribution in [3.05, 3.63) is 212 Å². The van der Waals surface area contributed by atoms with Crippen molar-refractivity contribution < 1.29 is 0 Å². The molecule has 2 heteroatoms. The summed E-state index contributed by atoms with van der Waals surface area (Å²) in [6, 6.07) is 77.1. The maximum absolute atomic E-state index is 3.85. The molecule has 0 aliphatic rings. The van der Waals surface area contributed by atoms with E-state index in [1.165, 1.54) is 88.2 Å². The molecule has 0 bridgehead atoms. The van der Waals surface area contributed by atoms with Gasteiger partial charge in [-0.05, 0) is 86.5 Å². The fourth-order valence-electron chi connectivity index (χ4n) is 8.67. The number of fused-ring (bicyclic) bond motifs is 7. The molecular weight excluding hydrogens is 677 g/mol. The van der Waals surface area contributed by atoms with E-state index in [4.69, 9.17) is 0 Å². The fourth-order valence-corrected chi connectivity index (χ4v) is 8.67. The molecule has 0 radical (unpaired) electrons. The third-order valence-electron chi connectivity index (χ3n) is 11.3. The number of nitrogens with zero attached hydrogens (tertiary/aromatic N) is 1. The molecule has 11 rings (SSSR count). The molecule has 2 aromatic heterocycles. The van der Waals surface area contributed by atoms with Gasteiger partial charge in [0, 0.05) is 38.3 Å². The quantitative estimate of drug-likeness (QED) is 0.177. The summed E-state index contributed by atoms with van der Waals surface area (Å²) < 4.78 is 2.50. The first-order valence-electron chi connectivity index (χ1n) is 19.3. The maximum Gasteiger partial charge on any atom is 0.0783 e. The zero-order valence-electron chi connectivity index (χ0n) is 30.7. The van der Waals surface area contributed by atoms with Crippen LogP contribution in [0.15, 0.2) is 212 Å². The van der Waals surface area contributed by atoms with Gasteiger partial charge in [-0.3, -0.25) is 0 Å². The van der Waals surface area contributed by atoms with Crippen LogP contribution in [-0.4, -0.2) is 9.55 Å². The molecule has 0 saturated heterocycles. The Morgan fingerprint density at radius 2 is 0.732 bits per heavy atom. The average molecular weight is 713 g/mol. The van der Waals surface area contributed by atoms with Crippen LogP contribution in [0, 0.1) is 0 Å². The lowest BCUT2D eigenvalue weighted by molar-refractivity contribution is 1.18. The Morgan fingerprint density at radius 3 is 1.39 bits per heavy atom. The summed E-state index contributed by atoms with van der Waals surface area (Å²) in [7, 11) is 0. The van der Waals surface area contributed by atoms with Gasteiger partial charge in [-0.25, -0.2) is 0 Å². The van der Waals surface area contributed by atoms with Gasteiger partial charge >= 0.3 is 0 Å². The van der Waals surface area contributed by atoms with Gasteiger partial charge in [0.05, 0.1) is 16.6 Å². The topological polar surface area (TPSA) is 20.7 Å². The summed E-state index contributed by atoms with van der Waals surface area (Å²) in [5.74, 6) is 0. The Morgan fingerprint density at radius 1 is 0.286 bits per heavy atom. The van der Waals surface area contributed by atoms with E-state index in [1.807, 2.05) is 0 Å². The molecule has 0 aliphatic heterocycles. The normalized spacial score (nSPS) is 11.6. The first-order valence-corrected chi connectivity index (χ1v) is 19.3. The van der Waals surface area contributed by atoms with E-state index in [0.717, 1.165) is 16.7 Å². The number of aromatic amines is 1. The van der Waals surface area contributed by atoms with Crippen molar-refractivity contribution in [2.75, 3.05) is 0 Å². The molecule has 2 heterocycles. The number of H-pyrrole nitrogens is 1. The van der Waals surface area contributed by atoms with Crippen LogP contribution < -0.4 is 0 Å². The standard InChI is InChI=1S/C54H36N2/c1-3-14-36(15-4-1)38-18-9-20-40(32-38)42-22-11-24-44(34-42)46-27-13-28-49-50-31-30-48-47-26-7-8-29-51(47)55-52(48)54(50)56(53(46)49)45-25-12-23-43(35-45)41-21-10-19-39(33-41)37-16-5-2-6-17-37/h1-35,55H. The summed E-state index contributed by atoms with van der Waals surface area (Å²) >= 11 is 0. The third-order valence-corrected chi connectivity index (χ3v) is 11.3. The summed E-state index contributed by atoms with van der Waals surface area (Å²) in [5.41, 5.74) is 17.8. The second-order valence-electron chi connectivity index (χ2n) is 14.6. The lowest BCUT2D eigenvalue weighted by Gasteiger charge is -2.15. The van der Waals surface area contributed by atoms with Crippen LogP contribution in [0.1, 0.15) is 0 Å². The van der Waals surface area contributed by atoms with Gasteiger partial charge in [0.2, 0.25) is 0 Å². The molecule has 0 spiro atoms. The maximum atomic E-state index is 3.85. The van der Waals surface area contributed by atoms with Crippen molar-refractivity contribution in [1.82, 2.24) is 9.55 Å². The van der Waals surface area contributed by atoms with Crippen molar-refractivity contribution >= 4 is 43.6 Å². The minimum atomic E-state index is 1.12. The Labute approximate surface area is 325 Å². The Hall–Kier alpha value is -7.42. The number of aromatic nitrogens is 2. The van der Waals surface area contributed by atoms with Crippen LogP contribution in [0.4, 0.5) is 0 Å². The molecular formula is C54H36N2. The molecule has 2 nitrogen and oxygen atoms in total. The largest absolute Gasteiger partial charge is 0.353 e. The number of nitrogens with one attached hydrogen (secondary N) is 1. The molecule has 9 aromatic carbocycles. The number of hydrogen-bond acceptors (Lipinski definition) is 0. The number of benzene rings is 9. The summed E-state index contributed by atoms with van der Waals surface area (Å²) in [4.78, 5) is 3.85. The van der Waals surface area contributed by atoms with E-state index in [1.54, 1.807) is 0 Å². The van der Waals surface area contributed by atoms with E-state index in [2.05, 4.69) is 222 Å². The summed E-state index contributed by atoms with van der Waals surface area (Å²) in [6.45, 7) is 0. The van der Waals surface area contributed by atoms with Crippen molar-refractivity contribution in [2.24, 2.45) is 0 Å². The van der Waals surface area contributed by atoms with Gasteiger partial charge in [0.1, 0.15) is 0 Å². The van der Waals surface area contributed by atoms with Gasteiger partial charge in [-0.2, -0.15) is 0 Å². The Bertz CT molecular complexity index is 3240. The van der Waals surface area contributed by atoms with Crippen LogP contribution in [0.3, 0.4) is 0 Å². The first-order chi connectivity index (χ1) is 27.8. The van der Waals surface area contributed by atoms with Gasteiger partial charge in [-0.15, -0.1) is 0 Å². The summed E-state index contributed by atoms with van der Waals surface area (Å²) in [6.07, 6.45) is 0. The molecule has 0 fully saturated rings. The van der Waals surface area contributed by atoms with Crippen molar-refractivity contribution in [3.63, 3.8) is 0 Å². The zero-order valence-corrected chi connectivity index (χ0v) is 30.7. The highest BCUT2D eigenvalue weighted by Crippen LogP contribution is 2.43. The number of hydrogen-bond donors (Lipinski definition) is 1. The third kappa shape index (κ3) is 5.34. The molecule has 11 aromatic rings. The average Bonchev–Trinajstić information content (AvgIpc) is 3.83. The molecule has 0 amide bonds. The van der Waals surface area contributed by atoms with Crippen molar-refractivity contribution in [2.45, 2.75) is 0 Å². The van der Waals surface area contributed by atoms with Crippen LogP contribution in [-0.2, 0) is 0 Å². The van der Waals surface area contributed by atoms with Gasteiger partial charge in [0.25, 0.3) is 0 Å². The van der Waals surface area contributed by atoms with Crippen LogP contribution in [0.25, 0.3) is 105 Å². The van der Waals surface area contributed by atoms with E-state index < -0.39 is 0 Å². The minimum Gasteiger partial charge on any atom is -0.353 e. The lowest BCUT2D eigenvalue weighted by atomic mass is 9.95. The van der Waals surface area contributed by atoms with Gasteiger partial charge < -0.3 is 9.55 Å². The monoisotopic (exact) mass is 712 g/mol. The smallest absolute Gasteiger partial charge is 0.0783 e.